The summed E-state index contributed by atoms with van der Waals surface area (Å²) in [4.78, 5) is 11.6. The number of nitrogens with one attached hydrogen (secondary N) is 1. The van der Waals surface area contributed by atoms with Crippen LogP contribution in [0.25, 0.3) is 0 Å². The van der Waals surface area contributed by atoms with E-state index in [4.69, 9.17) is 5.11 Å². The van der Waals surface area contributed by atoms with Crippen LogP contribution < -0.4 is 10.1 Å². The van der Waals surface area contributed by atoms with Crippen LogP contribution in [-0.2, 0) is 13.1 Å². The Balaban J connectivity index is 1.92. The Morgan fingerprint density at radius 3 is 2.76 bits per heavy atom. The van der Waals surface area contributed by atoms with Gasteiger partial charge in [0.1, 0.15) is 5.75 Å². The Kier molecular flexibility index (Phi) is 5.24. The first kappa shape index (κ1) is 15.4. The molecular weight excluding hydrogens is 300 g/mol. The van der Waals surface area contributed by atoms with Gasteiger partial charge in [-0.15, -0.1) is 11.3 Å². The maximum atomic E-state index is 12.3. The predicted molar refractivity (Wildman–Crippen MR) is 74.9 cm³/mol. The van der Waals surface area contributed by atoms with Crippen molar-refractivity contribution in [2.24, 2.45) is 0 Å². The number of ether oxygens (including phenoxy) is 1. The molecule has 1 aromatic heterocycles. The molecule has 0 atom stereocenters. The quantitative estimate of drug-likeness (QED) is 0.823. The van der Waals surface area contributed by atoms with Crippen LogP contribution in [0.1, 0.15) is 20.8 Å². The van der Waals surface area contributed by atoms with Crippen molar-refractivity contribution < 1.29 is 23.4 Å². The monoisotopic (exact) mass is 313 g/mol. The molecule has 0 aliphatic heterocycles. The summed E-state index contributed by atoms with van der Waals surface area (Å²) >= 11 is 1.33. The maximum Gasteiger partial charge on any atom is 0.387 e. The Hall–Kier alpha value is -1.99. The number of hydrogen-bond acceptors (Lipinski definition) is 4. The zero-order valence-corrected chi connectivity index (χ0v) is 11.7. The number of carboxylic acid groups (broad SMARTS) is 1. The van der Waals surface area contributed by atoms with Gasteiger partial charge in [0.2, 0.25) is 0 Å². The van der Waals surface area contributed by atoms with Gasteiger partial charge in [-0.2, -0.15) is 8.78 Å². The van der Waals surface area contributed by atoms with E-state index in [2.05, 4.69) is 10.1 Å². The topological polar surface area (TPSA) is 58.6 Å². The average molecular weight is 313 g/mol. The van der Waals surface area contributed by atoms with Crippen molar-refractivity contribution in [2.75, 3.05) is 0 Å². The molecule has 2 aromatic rings. The van der Waals surface area contributed by atoms with Crippen molar-refractivity contribution in [3.63, 3.8) is 0 Å². The summed E-state index contributed by atoms with van der Waals surface area (Å²) in [6.45, 7) is -2.05. The molecule has 2 rings (SSSR count). The number of hydrogen-bond donors (Lipinski definition) is 2. The lowest BCUT2D eigenvalue weighted by molar-refractivity contribution is -0.0505. The van der Waals surface area contributed by atoms with E-state index >= 15 is 0 Å². The Bertz CT molecular complexity index is 616. The fourth-order valence-electron chi connectivity index (χ4n) is 1.77. The highest BCUT2D eigenvalue weighted by molar-refractivity contribution is 7.10. The molecule has 4 nitrogen and oxygen atoms in total. The molecule has 21 heavy (non-hydrogen) atoms. The average Bonchev–Trinajstić information content (AvgIpc) is 2.89. The summed E-state index contributed by atoms with van der Waals surface area (Å²) in [6, 6.07) is 8.13. The summed E-state index contributed by atoms with van der Waals surface area (Å²) < 4.78 is 29.0. The molecule has 112 valence electrons. The zero-order valence-electron chi connectivity index (χ0n) is 10.9. The third-order valence-corrected chi connectivity index (χ3v) is 3.64. The van der Waals surface area contributed by atoms with Crippen LogP contribution in [0.3, 0.4) is 0 Å². The van der Waals surface area contributed by atoms with E-state index in [1.165, 1.54) is 17.4 Å². The summed E-state index contributed by atoms with van der Waals surface area (Å²) in [7, 11) is 0. The van der Waals surface area contributed by atoms with E-state index in [1.807, 2.05) is 0 Å². The molecule has 0 fully saturated rings. The molecule has 0 aliphatic carbocycles. The van der Waals surface area contributed by atoms with Crippen LogP contribution in [0.15, 0.2) is 35.7 Å². The highest BCUT2D eigenvalue weighted by Gasteiger charge is 2.09. The van der Waals surface area contributed by atoms with Crippen LogP contribution >= 0.6 is 11.3 Å². The van der Waals surface area contributed by atoms with Crippen LogP contribution in [0, 0.1) is 0 Å². The highest BCUT2D eigenvalue weighted by atomic mass is 32.1. The van der Waals surface area contributed by atoms with Crippen molar-refractivity contribution in [3.05, 3.63) is 51.7 Å². The molecule has 7 heteroatoms. The molecule has 1 heterocycles. The van der Waals surface area contributed by atoms with Crippen molar-refractivity contribution in [1.29, 1.82) is 0 Å². The Morgan fingerprint density at radius 2 is 2.10 bits per heavy atom. The van der Waals surface area contributed by atoms with Gasteiger partial charge in [0, 0.05) is 28.9 Å². The highest BCUT2D eigenvalue weighted by Crippen LogP contribution is 2.20. The van der Waals surface area contributed by atoms with E-state index in [-0.39, 0.29) is 11.3 Å². The van der Waals surface area contributed by atoms with Crippen molar-refractivity contribution in [2.45, 2.75) is 19.7 Å². The molecule has 1 aromatic carbocycles. The van der Waals surface area contributed by atoms with Crippen LogP contribution in [0.4, 0.5) is 8.78 Å². The summed E-state index contributed by atoms with van der Waals surface area (Å²) in [6.07, 6.45) is 0. The Morgan fingerprint density at radius 1 is 1.33 bits per heavy atom. The zero-order chi connectivity index (χ0) is 15.2. The standard InChI is InChI=1S/C14H13F2NO3S/c15-14(16)20-12-4-2-1-3-9(12)6-17-7-11-5-10(8-21-11)13(18)19/h1-5,8,14,17H,6-7H2,(H,18,19). The van der Waals surface area contributed by atoms with Crippen molar-refractivity contribution in [3.8, 4) is 5.75 Å². The number of rotatable bonds is 7. The minimum Gasteiger partial charge on any atom is -0.478 e. The normalized spacial score (nSPS) is 10.8. The summed E-state index contributed by atoms with van der Waals surface area (Å²) in [5, 5.41) is 13.5. The van der Waals surface area contributed by atoms with E-state index < -0.39 is 12.6 Å². The van der Waals surface area contributed by atoms with Crippen LogP contribution in [0.2, 0.25) is 0 Å². The molecule has 0 radical (unpaired) electrons. The van der Waals surface area contributed by atoms with Gasteiger partial charge in [0.15, 0.2) is 0 Å². The second-order valence-corrected chi connectivity index (χ2v) is 5.19. The van der Waals surface area contributed by atoms with Crippen LogP contribution in [-0.4, -0.2) is 17.7 Å². The number of aromatic carboxylic acids is 1. The number of para-hydroxylation sites is 1. The predicted octanol–water partition coefficient (Wildman–Crippen LogP) is 3.34. The van der Waals surface area contributed by atoms with Gasteiger partial charge in [-0.1, -0.05) is 18.2 Å². The molecule has 0 saturated carbocycles. The lowest BCUT2D eigenvalue weighted by Crippen LogP contribution is -2.14. The lowest BCUT2D eigenvalue weighted by Gasteiger charge is -2.10. The largest absolute Gasteiger partial charge is 0.478 e. The third-order valence-electron chi connectivity index (χ3n) is 2.70. The second-order valence-electron chi connectivity index (χ2n) is 4.20. The fraction of sp³-hybridized carbons (Fsp3) is 0.214. The van der Waals surface area contributed by atoms with Gasteiger partial charge in [-0.25, -0.2) is 4.79 Å². The molecular formula is C14H13F2NO3S. The SMILES string of the molecule is O=C(O)c1csc(CNCc2ccccc2OC(F)F)c1. The van der Waals surface area contributed by atoms with Gasteiger partial charge in [0.25, 0.3) is 0 Å². The van der Waals surface area contributed by atoms with Gasteiger partial charge in [-0.3, -0.25) is 0 Å². The molecule has 0 bridgehead atoms. The van der Waals surface area contributed by atoms with Crippen LogP contribution in [0.5, 0.6) is 5.75 Å². The summed E-state index contributed by atoms with van der Waals surface area (Å²) in [5.74, 6) is -0.828. The number of carbonyl (C=O) groups is 1. The fourth-order valence-corrected chi connectivity index (χ4v) is 2.59. The van der Waals surface area contributed by atoms with E-state index in [1.54, 1.807) is 29.6 Å². The van der Waals surface area contributed by atoms with Gasteiger partial charge < -0.3 is 15.2 Å². The first-order valence-corrected chi connectivity index (χ1v) is 6.98. The number of carboxylic acids is 1. The van der Waals surface area contributed by atoms with Crippen molar-refractivity contribution >= 4 is 17.3 Å². The molecule has 0 aliphatic rings. The van der Waals surface area contributed by atoms with E-state index in [0.29, 0.717) is 18.7 Å². The van der Waals surface area contributed by atoms with Gasteiger partial charge >= 0.3 is 12.6 Å². The molecule has 0 saturated heterocycles. The number of thiophene rings is 1. The second kappa shape index (κ2) is 7.14. The van der Waals surface area contributed by atoms with Crippen molar-refractivity contribution in [1.82, 2.24) is 5.32 Å². The van der Waals surface area contributed by atoms with Gasteiger partial charge in [0.05, 0.1) is 5.56 Å². The minimum atomic E-state index is -2.86. The number of benzene rings is 1. The van der Waals surface area contributed by atoms with Gasteiger partial charge in [-0.05, 0) is 12.1 Å². The maximum absolute atomic E-state index is 12.3. The number of alkyl halides is 2. The first-order valence-electron chi connectivity index (χ1n) is 6.10. The Labute approximate surface area is 124 Å². The summed E-state index contributed by atoms with van der Waals surface area (Å²) in [5.41, 5.74) is 0.867. The molecule has 0 unspecified atom stereocenters. The third kappa shape index (κ3) is 4.51. The van der Waals surface area contributed by atoms with E-state index in [9.17, 15) is 13.6 Å². The van der Waals surface area contributed by atoms with E-state index in [0.717, 1.165) is 4.88 Å². The molecule has 0 amide bonds. The first-order chi connectivity index (χ1) is 10.1. The lowest BCUT2D eigenvalue weighted by atomic mass is 10.2. The smallest absolute Gasteiger partial charge is 0.387 e. The molecule has 2 N–H and O–H groups in total. The molecule has 0 spiro atoms. The minimum absolute atomic E-state index is 0.136. The number of halogens is 2.